The lowest BCUT2D eigenvalue weighted by atomic mass is 10.0. The second-order valence-electron chi connectivity index (χ2n) is 13.4. The minimum absolute atomic E-state index is 0.0280. The molecule has 0 unspecified atom stereocenters. The van der Waals surface area contributed by atoms with Crippen LogP contribution in [0.1, 0.15) is 187 Å². The Morgan fingerprint density at radius 3 is 1.26 bits per heavy atom. The van der Waals surface area contributed by atoms with Gasteiger partial charge in [0.1, 0.15) is 0 Å². The van der Waals surface area contributed by atoms with Gasteiger partial charge >= 0.3 is 0 Å². The van der Waals surface area contributed by atoms with Crippen molar-refractivity contribution in [3.8, 4) is 0 Å². The van der Waals surface area contributed by atoms with Crippen LogP contribution in [0, 0.1) is 0 Å². The van der Waals surface area contributed by atoms with Gasteiger partial charge in [-0.1, -0.05) is 140 Å². The molecule has 0 aliphatic rings. The number of amides is 1. The van der Waals surface area contributed by atoms with Crippen LogP contribution in [0.5, 0.6) is 0 Å². The highest BCUT2D eigenvalue weighted by atomic mass is 16.2. The molecule has 0 aliphatic carbocycles. The summed E-state index contributed by atoms with van der Waals surface area (Å²) in [6.45, 7) is 5.28. The molecule has 266 valence electrons. The fourth-order valence-electron chi connectivity index (χ4n) is 5.39. The van der Waals surface area contributed by atoms with Crippen LogP contribution in [0.4, 0.5) is 0 Å². The molecule has 0 saturated carbocycles. The Balaban J connectivity index is 4.06. The molecule has 4 heteroatoms. The predicted molar refractivity (Wildman–Crippen MR) is 207 cm³/mol. The van der Waals surface area contributed by atoms with Crippen molar-refractivity contribution in [3.63, 3.8) is 0 Å². The maximum atomic E-state index is 12.2. The summed E-state index contributed by atoms with van der Waals surface area (Å²) < 4.78 is 0. The summed E-state index contributed by atoms with van der Waals surface area (Å²) in [6.07, 6.45) is 51.6. The van der Waals surface area contributed by atoms with Crippen molar-refractivity contribution >= 4 is 11.6 Å². The van der Waals surface area contributed by atoms with Crippen molar-refractivity contribution in [1.82, 2.24) is 10.3 Å². The van der Waals surface area contributed by atoms with E-state index in [4.69, 9.17) is 0 Å². The van der Waals surface area contributed by atoms with Gasteiger partial charge in [-0.15, -0.1) is 0 Å². The Morgan fingerprint density at radius 1 is 0.500 bits per heavy atom. The molecule has 0 rings (SSSR count). The highest BCUT2D eigenvalue weighted by molar-refractivity contribution is 5.86. The lowest BCUT2D eigenvalue weighted by Gasteiger charge is -2.10. The minimum atomic E-state index is 0.0280. The average Bonchev–Trinajstić information content (AvgIpc) is 3.05. The smallest absolute Gasteiger partial charge is 0.241 e. The SMILES string of the molecule is CCCCCC=CCC=CCCCCCCCCC(CCCCCCCCC=CCC=CCCCCC)=NNC(=O)CCN(C)C. The number of hydrazone groups is 1. The third-order valence-electron chi connectivity index (χ3n) is 8.46. The molecule has 0 spiro atoms. The number of nitrogens with zero attached hydrogens (tertiary/aromatic N) is 2. The first kappa shape index (κ1) is 44.1. The molecule has 0 heterocycles. The zero-order valence-corrected chi connectivity index (χ0v) is 31.2. The van der Waals surface area contributed by atoms with Crippen molar-refractivity contribution in [3.05, 3.63) is 48.6 Å². The Hall–Kier alpha value is -1.94. The topological polar surface area (TPSA) is 44.7 Å². The van der Waals surface area contributed by atoms with Crippen LogP contribution >= 0.6 is 0 Å². The molecule has 0 atom stereocenters. The minimum Gasteiger partial charge on any atom is -0.309 e. The molecule has 46 heavy (non-hydrogen) atoms. The normalized spacial score (nSPS) is 12.1. The van der Waals surface area contributed by atoms with Gasteiger partial charge in [0.2, 0.25) is 5.91 Å². The van der Waals surface area contributed by atoms with Gasteiger partial charge in [-0.2, -0.15) is 5.10 Å². The Kier molecular flexibility index (Phi) is 35.9. The van der Waals surface area contributed by atoms with Gasteiger partial charge in [0.25, 0.3) is 0 Å². The first-order valence-electron chi connectivity index (χ1n) is 19.7. The lowest BCUT2D eigenvalue weighted by Crippen LogP contribution is -2.24. The molecule has 0 fully saturated rings. The van der Waals surface area contributed by atoms with Crippen molar-refractivity contribution in [2.75, 3.05) is 20.6 Å². The van der Waals surface area contributed by atoms with Gasteiger partial charge in [-0.25, -0.2) is 5.43 Å². The monoisotopic (exact) mass is 640 g/mol. The number of unbranched alkanes of at least 4 members (excludes halogenated alkanes) is 18. The van der Waals surface area contributed by atoms with Crippen LogP contribution < -0.4 is 5.43 Å². The van der Waals surface area contributed by atoms with E-state index in [1.165, 1.54) is 147 Å². The highest BCUT2D eigenvalue weighted by Gasteiger charge is 2.05. The zero-order chi connectivity index (χ0) is 33.6. The van der Waals surface area contributed by atoms with Crippen LogP contribution in [-0.4, -0.2) is 37.2 Å². The fourth-order valence-corrected chi connectivity index (χ4v) is 5.39. The van der Waals surface area contributed by atoms with Crippen molar-refractivity contribution < 1.29 is 4.79 Å². The van der Waals surface area contributed by atoms with Crippen LogP contribution in [-0.2, 0) is 4.79 Å². The van der Waals surface area contributed by atoms with Crippen LogP contribution in [0.2, 0.25) is 0 Å². The number of carbonyl (C=O) groups excluding carboxylic acids is 1. The Bertz CT molecular complexity index is 743. The third kappa shape index (κ3) is 36.5. The quantitative estimate of drug-likeness (QED) is 0.0329. The summed E-state index contributed by atoms with van der Waals surface area (Å²) in [5.74, 6) is 0.0280. The molecular formula is C42H77N3O. The van der Waals surface area contributed by atoms with Crippen LogP contribution in [0.15, 0.2) is 53.7 Å². The first-order chi connectivity index (χ1) is 22.6. The zero-order valence-electron chi connectivity index (χ0n) is 31.2. The van der Waals surface area contributed by atoms with Gasteiger partial charge in [-0.05, 0) is 104 Å². The van der Waals surface area contributed by atoms with E-state index in [0.717, 1.165) is 32.2 Å². The molecule has 0 aromatic heterocycles. The molecule has 1 amide bonds. The van der Waals surface area contributed by atoms with Crippen molar-refractivity contribution in [1.29, 1.82) is 0 Å². The number of allylic oxidation sites excluding steroid dienone is 8. The third-order valence-corrected chi connectivity index (χ3v) is 8.46. The average molecular weight is 640 g/mol. The van der Waals surface area contributed by atoms with E-state index in [9.17, 15) is 4.79 Å². The molecule has 0 radical (unpaired) electrons. The summed E-state index contributed by atoms with van der Waals surface area (Å²) in [4.78, 5) is 14.3. The molecular weight excluding hydrogens is 562 g/mol. The van der Waals surface area contributed by atoms with Crippen molar-refractivity contribution in [2.24, 2.45) is 5.10 Å². The number of nitrogens with one attached hydrogen (secondary N) is 1. The highest BCUT2D eigenvalue weighted by Crippen LogP contribution is 2.14. The number of hydrogen-bond donors (Lipinski definition) is 1. The Labute approximate surface area is 287 Å². The number of rotatable bonds is 34. The summed E-state index contributed by atoms with van der Waals surface area (Å²) >= 11 is 0. The molecule has 0 aromatic carbocycles. The van der Waals surface area contributed by atoms with Gasteiger partial charge in [-0.3, -0.25) is 4.79 Å². The molecule has 0 bridgehead atoms. The summed E-state index contributed by atoms with van der Waals surface area (Å²) in [5.41, 5.74) is 4.04. The van der Waals surface area contributed by atoms with Crippen LogP contribution in [0.3, 0.4) is 0 Å². The van der Waals surface area contributed by atoms with Gasteiger partial charge in [0, 0.05) is 18.7 Å². The van der Waals surface area contributed by atoms with E-state index in [1.54, 1.807) is 0 Å². The molecule has 4 nitrogen and oxygen atoms in total. The van der Waals surface area contributed by atoms with E-state index in [2.05, 4.69) is 73.0 Å². The molecule has 0 aromatic rings. The largest absolute Gasteiger partial charge is 0.309 e. The predicted octanol–water partition coefficient (Wildman–Crippen LogP) is 12.8. The summed E-state index contributed by atoms with van der Waals surface area (Å²) in [7, 11) is 4.00. The van der Waals surface area contributed by atoms with E-state index < -0.39 is 0 Å². The lowest BCUT2D eigenvalue weighted by molar-refractivity contribution is -0.121. The fraction of sp³-hybridized carbons (Fsp3) is 0.762. The van der Waals surface area contributed by atoms with Gasteiger partial charge < -0.3 is 4.90 Å². The first-order valence-corrected chi connectivity index (χ1v) is 19.7. The van der Waals surface area contributed by atoms with Crippen LogP contribution in [0.25, 0.3) is 0 Å². The molecule has 1 N–H and O–H groups in total. The van der Waals surface area contributed by atoms with Crippen molar-refractivity contribution in [2.45, 2.75) is 187 Å². The summed E-state index contributed by atoms with van der Waals surface area (Å²) in [6, 6.07) is 0. The second-order valence-corrected chi connectivity index (χ2v) is 13.4. The maximum absolute atomic E-state index is 12.2. The standard InChI is InChI=1S/C42H77N3O/c1-5-7-9-11-13-15-17-19-21-23-25-27-29-31-33-35-37-41(43-44-42(46)39-40-45(3)4)38-36-34-32-30-28-26-24-22-20-18-16-14-12-10-8-6-2/h13-16,19-22H,5-12,17-18,23-40H2,1-4H3,(H,44,46). The molecule has 0 saturated heterocycles. The second kappa shape index (κ2) is 37.5. The van der Waals surface area contributed by atoms with E-state index in [1.807, 2.05) is 19.0 Å². The van der Waals surface area contributed by atoms with E-state index in [-0.39, 0.29) is 5.91 Å². The van der Waals surface area contributed by atoms with Gasteiger partial charge in [0.05, 0.1) is 0 Å². The summed E-state index contributed by atoms with van der Waals surface area (Å²) in [5, 5.41) is 4.59. The molecule has 0 aliphatic heterocycles. The number of carbonyl (C=O) groups is 1. The Morgan fingerprint density at radius 2 is 0.870 bits per heavy atom. The van der Waals surface area contributed by atoms with Gasteiger partial charge in [0.15, 0.2) is 0 Å². The van der Waals surface area contributed by atoms with E-state index in [0.29, 0.717) is 6.42 Å². The van der Waals surface area contributed by atoms with E-state index >= 15 is 0 Å². The maximum Gasteiger partial charge on any atom is 0.241 e. The number of hydrogen-bond acceptors (Lipinski definition) is 3.